The summed E-state index contributed by atoms with van der Waals surface area (Å²) >= 11 is 1.48. The van der Waals surface area contributed by atoms with E-state index in [1.807, 2.05) is 0 Å². The molecule has 0 amide bonds. The molecule has 1 rings (SSSR count). The topological polar surface area (TPSA) is 30.0 Å². The summed E-state index contributed by atoms with van der Waals surface area (Å²) in [6, 6.07) is 0. The van der Waals surface area contributed by atoms with Crippen LogP contribution >= 0.6 is 11.3 Å². The number of aromatic nitrogens is 1. The van der Waals surface area contributed by atoms with Gasteiger partial charge in [-0.05, 0) is 4.78 Å². The average Bonchev–Trinajstić information content (AvgIpc) is 2.34. The highest BCUT2D eigenvalue weighted by Crippen LogP contribution is 2.01. The number of carbonyl (C=O) groups is 1. The molecule has 1 heterocycles. The van der Waals surface area contributed by atoms with Gasteiger partial charge < -0.3 is 0 Å². The molecule has 0 bridgehead atoms. The summed E-state index contributed by atoms with van der Waals surface area (Å²) in [5.74, 6) is 0.0599. The van der Waals surface area contributed by atoms with Crippen molar-refractivity contribution in [3.8, 4) is 0 Å². The Morgan fingerprint density at radius 2 is 2.50 bits per heavy atom. The van der Waals surface area contributed by atoms with Crippen LogP contribution in [0.25, 0.3) is 0 Å². The molecule has 0 aromatic carbocycles. The summed E-state index contributed by atoms with van der Waals surface area (Å²) < 4.78 is 1.17. The predicted molar refractivity (Wildman–Crippen MR) is 44.8 cm³/mol. The molecule has 2 nitrogen and oxygen atoms in total. The van der Waals surface area contributed by atoms with E-state index in [0.717, 1.165) is 7.28 Å². The fourth-order valence-corrected chi connectivity index (χ4v) is 1.38. The van der Waals surface area contributed by atoms with E-state index in [1.54, 1.807) is 6.20 Å². The highest BCUT2D eigenvalue weighted by atomic mass is 32.1. The number of nitrogens with zero attached hydrogens (tertiary/aromatic N) is 1. The second-order valence-corrected chi connectivity index (χ2v) is 3.16. The molecule has 4 heteroatoms. The Bertz CT molecular complexity index is 246. The van der Waals surface area contributed by atoms with Crippen LogP contribution in [0.5, 0.6) is 0 Å². The van der Waals surface area contributed by atoms with E-state index < -0.39 is 0 Å². The molecule has 0 aliphatic carbocycles. The van der Waals surface area contributed by atoms with Crippen LogP contribution in [0.4, 0.5) is 0 Å². The van der Waals surface area contributed by atoms with Crippen molar-refractivity contribution in [2.75, 3.05) is 0 Å². The Morgan fingerprint density at radius 3 is 2.80 bits per heavy atom. The largest absolute Gasteiger partial charge is 0.292 e. The highest BCUT2D eigenvalue weighted by Gasteiger charge is 2.03. The number of carbonyl (C=O) groups excluding carboxylic acids is 1. The van der Waals surface area contributed by atoms with Crippen molar-refractivity contribution in [1.29, 1.82) is 0 Å². The second kappa shape index (κ2) is 2.97. The molecule has 0 aliphatic heterocycles. The third-order valence-electron chi connectivity index (χ3n) is 1.20. The van der Waals surface area contributed by atoms with Crippen molar-refractivity contribution in [2.45, 2.75) is 13.7 Å². The van der Waals surface area contributed by atoms with Gasteiger partial charge in [-0.25, -0.2) is 4.98 Å². The van der Waals surface area contributed by atoms with Crippen molar-refractivity contribution in [2.24, 2.45) is 0 Å². The Hall–Kier alpha value is -0.635. The SMILES string of the molecule is CBc1cnc(C(C)=O)s1. The summed E-state index contributed by atoms with van der Waals surface area (Å²) in [6.07, 6.45) is 1.77. The smallest absolute Gasteiger partial charge is 0.188 e. The number of Topliss-reactive ketones (excluding diaryl/α,β-unsaturated/α-hetero) is 1. The molecular formula is C6H8BNOS. The minimum Gasteiger partial charge on any atom is -0.292 e. The molecule has 0 unspecified atom stereocenters. The molecule has 52 valence electrons. The maximum Gasteiger partial charge on any atom is 0.188 e. The predicted octanol–water partition coefficient (Wildman–Crippen LogP) is 0.456. The van der Waals surface area contributed by atoms with Gasteiger partial charge in [-0.3, -0.25) is 4.79 Å². The molecule has 0 spiro atoms. The fraction of sp³-hybridized carbons (Fsp3) is 0.333. The van der Waals surface area contributed by atoms with Crippen molar-refractivity contribution < 1.29 is 4.79 Å². The molecule has 0 fully saturated rings. The van der Waals surface area contributed by atoms with E-state index in [9.17, 15) is 4.79 Å². The molecule has 10 heavy (non-hydrogen) atoms. The molecule has 0 atom stereocenters. The quantitative estimate of drug-likeness (QED) is 0.456. The zero-order chi connectivity index (χ0) is 7.56. The summed E-state index contributed by atoms with van der Waals surface area (Å²) in [4.78, 5) is 14.7. The van der Waals surface area contributed by atoms with E-state index in [2.05, 4.69) is 11.8 Å². The second-order valence-electron chi connectivity index (χ2n) is 2.04. The van der Waals surface area contributed by atoms with Crippen LogP contribution in [0, 0.1) is 0 Å². The van der Waals surface area contributed by atoms with Gasteiger partial charge in [0.1, 0.15) is 0 Å². The lowest BCUT2D eigenvalue weighted by Crippen LogP contribution is -2.02. The van der Waals surface area contributed by atoms with Gasteiger partial charge >= 0.3 is 0 Å². The van der Waals surface area contributed by atoms with Crippen LogP contribution in [0.3, 0.4) is 0 Å². The van der Waals surface area contributed by atoms with Gasteiger partial charge in [0, 0.05) is 13.1 Å². The molecule has 0 saturated carbocycles. The first-order valence-electron chi connectivity index (χ1n) is 3.19. The molecule has 0 radical (unpaired) electrons. The van der Waals surface area contributed by atoms with Gasteiger partial charge in [0.15, 0.2) is 18.1 Å². The van der Waals surface area contributed by atoms with Gasteiger partial charge in [0.25, 0.3) is 0 Å². The third kappa shape index (κ3) is 1.45. The summed E-state index contributed by atoms with van der Waals surface area (Å²) in [7, 11) is 0.963. The zero-order valence-electron chi connectivity index (χ0n) is 6.05. The van der Waals surface area contributed by atoms with E-state index in [-0.39, 0.29) is 5.78 Å². The molecule has 1 aromatic rings. The van der Waals surface area contributed by atoms with Gasteiger partial charge in [-0.15, -0.1) is 11.3 Å². The monoisotopic (exact) mass is 153 g/mol. The maximum absolute atomic E-state index is 10.7. The Morgan fingerprint density at radius 1 is 1.80 bits per heavy atom. The highest BCUT2D eigenvalue weighted by molar-refractivity contribution is 7.22. The van der Waals surface area contributed by atoms with Gasteiger partial charge in [-0.2, -0.15) is 0 Å². The first-order chi connectivity index (χ1) is 4.74. The number of ketones is 1. The number of thiazole rings is 1. The lowest BCUT2D eigenvalue weighted by molar-refractivity contribution is 0.101. The summed E-state index contributed by atoms with van der Waals surface area (Å²) in [5.41, 5.74) is 0. The van der Waals surface area contributed by atoms with E-state index >= 15 is 0 Å². The van der Waals surface area contributed by atoms with Crippen LogP contribution in [0.2, 0.25) is 6.82 Å². The van der Waals surface area contributed by atoms with Crippen LogP contribution in [-0.4, -0.2) is 18.0 Å². The normalized spacial score (nSPS) is 9.40. The first kappa shape index (κ1) is 7.47. The minimum absolute atomic E-state index is 0.0599. The number of hydrogen-bond acceptors (Lipinski definition) is 3. The van der Waals surface area contributed by atoms with Gasteiger partial charge in [0.2, 0.25) is 0 Å². The van der Waals surface area contributed by atoms with Crippen LogP contribution in [0.1, 0.15) is 16.7 Å². The standard InChI is InChI=1S/C6H8BNOS/c1-4(9)6-8-3-5(7-2)10-6/h3,7H,1-2H3. The Balaban J connectivity index is 2.88. The van der Waals surface area contributed by atoms with Crippen molar-refractivity contribution in [3.05, 3.63) is 11.2 Å². The zero-order valence-corrected chi connectivity index (χ0v) is 6.86. The van der Waals surface area contributed by atoms with E-state index in [0.29, 0.717) is 5.01 Å². The molecular weight excluding hydrogens is 145 g/mol. The summed E-state index contributed by atoms with van der Waals surface area (Å²) in [6.45, 7) is 3.59. The van der Waals surface area contributed by atoms with Gasteiger partial charge in [-0.1, -0.05) is 6.82 Å². The lowest BCUT2D eigenvalue weighted by atomic mass is 9.81. The third-order valence-corrected chi connectivity index (χ3v) is 2.45. The number of rotatable bonds is 2. The molecule has 0 aliphatic rings. The first-order valence-corrected chi connectivity index (χ1v) is 4.01. The van der Waals surface area contributed by atoms with Crippen LogP contribution < -0.4 is 4.78 Å². The Kier molecular flexibility index (Phi) is 2.22. The van der Waals surface area contributed by atoms with E-state index in [1.165, 1.54) is 23.0 Å². The van der Waals surface area contributed by atoms with Crippen LogP contribution in [-0.2, 0) is 0 Å². The van der Waals surface area contributed by atoms with E-state index in [4.69, 9.17) is 0 Å². The van der Waals surface area contributed by atoms with Crippen molar-refractivity contribution in [1.82, 2.24) is 4.98 Å². The average molecular weight is 153 g/mol. The fourth-order valence-electron chi connectivity index (χ4n) is 0.634. The van der Waals surface area contributed by atoms with Gasteiger partial charge in [0.05, 0.1) is 0 Å². The molecule has 1 aromatic heterocycles. The molecule has 0 N–H and O–H groups in total. The van der Waals surface area contributed by atoms with Crippen molar-refractivity contribution in [3.63, 3.8) is 0 Å². The Labute approximate surface area is 64.5 Å². The summed E-state index contributed by atoms with van der Waals surface area (Å²) in [5, 5.41) is 0.622. The lowest BCUT2D eigenvalue weighted by Gasteiger charge is -1.80. The number of hydrogen-bond donors (Lipinski definition) is 0. The van der Waals surface area contributed by atoms with Crippen LogP contribution in [0.15, 0.2) is 6.20 Å². The minimum atomic E-state index is 0.0599. The maximum atomic E-state index is 10.7. The molecule has 0 saturated heterocycles. The van der Waals surface area contributed by atoms with Crippen molar-refractivity contribution >= 4 is 29.2 Å².